The van der Waals surface area contributed by atoms with Gasteiger partial charge in [-0.15, -0.1) is 12.4 Å². The van der Waals surface area contributed by atoms with Crippen molar-refractivity contribution in [1.82, 2.24) is 5.32 Å². The summed E-state index contributed by atoms with van der Waals surface area (Å²) in [6.45, 7) is 2.15. The molecule has 2 aromatic rings. The summed E-state index contributed by atoms with van der Waals surface area (Å²) in [7, 11) is 0. The number of halogens is 2. The highest BCUT2D eigenvalue weighted by atomic mass is 35.5. The Kier molecular flexibility index (Phi) is 5.47. The maximum absolute atomic E-state index is 5.99. The average Bonchev–Trinajstić information content (AvgIpc) is 2.49. The van der Waals surface area contributed by atoms with Gasteiger partial charge in [-0.05, 0) is 42.1 Å². The zero-order valence-electron chi connectivity index (χ0n) is 11.3. The molecule has 0 spiro atoms. The Labute approximate surface area is 131 Å². The van der Waals surface area contributed by atoms with Gasteiger partial charge in [-0.1, -0.05) is 54.1 Å². The summed E-state index contributed by atoms with van der Waals surface area (Å²) in [6.07, 6.45) is 1.18. The predicted molar refractivity (Wildman–Crippen MR) is 88.1 cm³/mol. The second-order valence-corrected chi connectivity index (χ2v) is 5.60. The van der Waals surface area contributed by atoms with E-state index in [2.05, 4.69) is 47.8 Å². The standard InChI is InChI=1S/C17H18ClN.ClH/c18-15-8-6-14(7-9-15)16-10-11-19-12-17(16)13-4-2-1-3-5-13;/h1-9,16-17,19H,10-12H2;1H. The third kappa shape index (κ3) is 3.35. The van der Waals surface area contributed by atoms with E-state index in [4.69, 9.17) is 11.6 Å². The van der Waals surface area contributed by atoms with Crippen molar-refractivity contribution in [2.75, 3.05) is 13.1 Å². The minimum absolute atomic E-state index is 0. The lowest BCUT2D eigenvalue weighted by atomic mass is 9.77. The van der Waals surface area contributed by atoms with Gasteiger partial charge in [0.15, 0.2) is 0 Å². The van der Waals surface area contributed by atoms with Crippen molar-refractivity contribution in [2.45, 2.75) is 18.3 Å². The first-order valence-electron chi connectivity index (χ1n) is 6.86. The molecule has 0 radical (unpaired) electrons. The molecule has 1 heterocycles. The minimum atomic E-state index is 0. The van der Waals surface area contributed by atoms with Crippen LogP contribution in [0.4, 0.5) is 0 Å². The smallest absolute Gasteiger partial charge is 0.0406 e. The number of rotatable bonds is 2. The maximum atomic E-state index is 5.99. The SMILES string of the molecule is Cl.Clc1ccc(C2CCNCC2c2ccccc2)cc1. The van der Waals surface area contributed by atoms with E-state index in [0.29, 0.717) is 11.8 Å². The van der Waals surface area contributed by atoms with E-state index in [1.165, 1.54) is 17.5 Å². The van der Waals surface area contributed by atoms with Crippen LogP contribution in [0.3, 0.4) is 0 Å². The molecule has 1 fully saturated rings. The Hall–Kier alpha value is -1.02. The van der Waals surface area contributed by atoms with Crippen LogP contribution in [0.2, 0.25) is 5.02 Å². The molecular weight excluding hydrogens is 289 g/mol. The maximum Gasteiger partial charge on any atom is 0.0406 e. The van der Waals surface area contributed by atoms with E-state index in [-0.39, 0.29) is 12.4 Å². The second kappa shape index (κ2) is 7.12. The molecule has 3 heteroatoms. The van der Waals surface area contributed by atoms with Crippen molar-refractivity contribution >= 4 is 24.0 Å². The van der Waals surface area contributed by atoms with Gasteiger partial charge in [0.25, 0.3) is 0 Å². The normalized spacial score (nSPS) is 22.1. The fourth-order valence-corrected chi connectivity index (χ4v) is 3.14. The van der Waals surface area contributed by atoms with Gasteiger partial charge < -0.3 is 5.32 Å². The molecule has 0 amide bonds. The fraction of sp³-hybridized carbons (Fsp3) is 0.294. The first-order chi connectivity index (χ1) is 9.34. The number of piperidine rings is 1. The molecular formula is C17H19Cl2N. The number of nitrogens with one attached hydrogen (secondary N) is 1. The summed E-state index contributed by atoms with van der Waals surface area (Å²) in [4.78, 5) is 0. The highest BCUT2D eigenvalue weighted by molar-refractivity contribution is 6.30. The second-order valence-electron chi connectivity index (χ2n) is 5.17. The molecule has 1 aliphatic rings. The van der Waals surface area contributed by atoms with Crippen LogP contribution in [0, 0.1) is 0 Å². The van der Waals surface area contributed by atoms with Crippen LogP contribution in [0.25, 0.3) is 0 Å². The lowest BCUT2D eigenvalue weighted by Crippen LogP contribution is -2.33. The molecule has 2 unspecified atom stereocenters. The lowest BCUT2D eigenvalue weighted by molar-refractivity contribution is 0.404. The predicted octanol–water partition coefficient (Wildman–Crippen LogP) is 4.62. The Morgan fingerprint density at radius 2 is 1.50 bits per heavy atom. The van der Waals surface area contributed by atoms with Crippen molar-refractivity contribution in [2.24, 2.45) is 0 Å². The van der Waals surface area contributed by atoms with Gasteiger partial charge in [-0.2, -0.15) is 0 Å². The molecule has 1 saturated heterocycles. The Morgan fingerprint density at radius 3 is 2.20 bits per heavy atom. The van der Waals surface area contributed by atoms with Crippen molar-refractivity contribution in [1.29, 1.82) is 0 Å². The average molecular weight is 308 g/mol. The molecule has 106 valence electrons. The largest absolute Gasteiger partial charge is 0.316 e. The Balaban J connectivity index is 0.00000147. The molecule has 0 aromatic heterocycles. The van der Waals surface area contributed by atoms with Gasteiger partial charge >= 0.3 is 0 Å². The first-order valence-corrected chi connectivity index (χ1v) is 7.23. The summed E-state index contributed by atoms with van der Waals surface area (Å²) in [5.74, 6) is 1.14. The molecule has 0 saturated carbocycles. The molecule has 20 heavy (non-hydrogen) atoms. The van der Waals surface area contributed by atoms with Gasteiger partial charge in [0, 0.05) is 17.5 Å². The minimum Gasteiger partial charge on any atom is -0.316 e. The summed E-state index contributed by atoms with van der Waals surface area (Å²) < 4.78 is 0. The van der Waals surface area contributed by atoms with Crippen molar-refractivity contribution < 1.29 is 0 Å². The van der Waals surface area contributed by atoms with Crippen LogP contribution in [0.1, 0.15) is 29.4 Å². The molecule has 3 rings (SSSR count). The molecule has 2 atom stereocenters. The Morgan fingerprint density at radius 1 is 0.850 bits per heavy atom. The summed E-state index contributed by atoms with van der Waals surface area (Å²) in [5, 5.41) is 4.33. The van der Waals surface area contributed by atoms with Crippen molar-refractivity contribution in [3.05, 3.63) is 70.7 Å². The van der Waals surface area contributed by atoms with Crippen LogP contribution in [-0.2, 0) is 0 Å². The third-order valence-electron chi connectivity index (χ3n) is 4.01. The van der Waals surface area contributed by atoms with Gasteiger partial charge in [-0.3, -0.25) is 0 Å². The first kappa shape index (κ1) is 15.4. The topological polar surface area (TPSA) is 12.0 Å². The molecule has 1 aliphatic heterocycles. The highest BCUT2D eigenvalue weighted by Gasteiger charge is 2.27. The van der Waals surface area contributed by atoms with Gasteiger partial charge in [-0.25, -0.2) is 0 Å². The molecule has 0 bridgehead atoms. The van der Waals surface area contributed by atoms with E-state index in [0.717, 1.165) is 18.1 Å². The van der Waals surface area contributed by atoms with Crippen LogP contribution >= 0.6 is 24.0 Å². The molecule has 0 aliphatic carbocycles. The number of benzene rings is 2. The van der Waals surface area contributed by atoms with E-state index in [9.17, 15) is 0 Å². The summed E-state index contributed by atoms with van der Waals surface area (Å²) in [6, 6.07) is 19.2. The van der Waals surface area contributed by atoms with E-state index in [1.54, 1.807) is 0 Å². The number of hydrogen-bond donors (Lipinski definition) is 1. The van der Waals surface area contributed by atoms with Crippen molar-refractivity contribution in [3.63, 3.8) is 0 Å². The fourth-order valence-electron chi connectivity index (χ4n) is 3.02. The lowest BCUT2D eigenvalue weighted by Gasteiger charge is -2.33. The Bertz CT molecular complexity index is 524. The summed E-state index contributed by atoms with van der Waals surface area (Å²) >= 11 is 5.99. The third-order valence-corrected chi connectivity index (χ3v) is 4.26. The van der Waals surface area contributed by atoms with Crippen LogP contribution in [0.15, 0.2) is 54.6 Å². The highest BCUT2D eigenvalue weighted by Crippen LogP contribution is 2.37. The zero-order valence-corrected chi connectivity index (χ0v) is 12.8. The van der Waals surface area contributed by atoms with Crippen molar-refractivity contribution in [3.8, 4) is 0 Å². The van der Waals surface area contributed by atoms with E-state index >= 15 is 0 Å². The molecule has 2 aromatic carbocycles. The van der Waals surface area contributed by atoms with Gasteiger partial charge in [0.05, 0.1) is 0 Å². The van der Waals surface area contributed by atoms with Gasteiger partial charge in [0.1, 0.15) is 0 Å². The molecule has 1 nitrogen and oxygen atoms in total. The molecule has 1 N–H and O–H groups in total. The quantitative estimate of drug-likeness (QED) is 0.853. The summed E-state index contributed by atoms with van der Waals surface area (Å²) in [5.41, 5.74) is 2.83. The monoisotopic (exact) mass is 307 g/mol. The van der Waals surface area contributed by atoms with Crippen LogP contribution in [-0.4, -0.2) is 13.1 Å². The zero-order chi connectivity index (χ0) is 13.1. The van der Waals surface area contributed by atoms with Crippen LogP contribution < -0.4 is 5.32 Å². The number of hydrogen-bond acceptors (Lipinski definition) is 1. The van der Waals surface area contributed by atoms with Gasteiger partial charge in [0.2, 0.25) is 0 Å². The van der Waals surface area contributed by atoms with Crippen LogP contribution in [0.5, 0.6) is 0 Å². The van der Waals surface area contributed by atoms with E-state index < -0.39 is 0 Å². The van der Waals surface area contributed by atoms with E-state index in [1.807, 2.05) is 12.1 Å².